The van der Waals surface area contributed by atoms with Crippen LogP contribution < -0.4 is 4.90 Å². The maximum atomic E-state index is 2.66. The van der Waals surface area contributed by atoms with Gasteiger partial charge in [0.25, 0.3) is 0 Å². The Bertz CT molecular complexity index is 1010. The molecule has 3 aromatic rings. The lowest BCUT2D eigenvalue weighted by Gasteiger charge is -2.44. The Morgan fingerprint density at radius 2 is 1.31 bits per heavy atom. The van der Waals surface area contributed by atoms with E-state index < -0.39 is 0 Å². The minimum atomic E-state index is 0. The molecule has 0 amide bonds. The van der Waals surface area contributed by atoms with Crippen molar-refractivity contribution in [3.63, 3.8) is 0 Å². The van der Waals surface area contributed by atoms with Gasteiger partial charge in [0.05, 0.1) is 0 Å². The van der Waals surface area contributed by atoms with E-state index in [9.17, 15) is 0 Å². The van der Waals surface area contributed by atoms with Gasteiger partial charge in [-0.2, -0.15) is 0 Å². The Kier molecular flexibility index (Phi) is 11.4. The summed E-state index contributed by atoms with van der Waals surface area (Å²) in [6.45, 7) is 7.89. The van der Waals surface area contributed by atoms with Crippen LogP contribution in [0.15, 0.2) is 84.9 Å². The van der Waals surface area contributed by atoms with Gasteiger partial charge in [-0.25, -0.2) is 0 Å². The number of benzene rings is 3. The van der Waals surface area contributed by atoms with Crippen molar-refractivity contribution in [2.24, 2.45) is 0 Å². The van der Waals surface area contributed by atoms with Crippen molar-refractivity contribution >= 4 is 42.9 Å². The summed E-state index contributed by atoms with van der Waals surface area (Å²) >= 11 is 0. The molecule has 1 unspecified atom stereocenters. The van der Waals surface area contributed by atoms with Gasteiger partial charge in [0, 0.05) is 50.4 Å². The van der Waals surface area contributed by atoms with Crippen LogP contribution in [0.2, 0.25) is 0 Å². The lowest BCUT2D eigenvalue weighted by Crippen LogP contribution is -2.48. The molecule has 0 aliphatic carbocycles. The molecule has 6 heteroatoms. The van der Waals surface area contributed by atoms with E-state index in [0.717, 1.165) is 39.3 Å². The zero-order valence-electron chi connectivity index (χ0n) is 20.5. The van der Waals surface area contributed by atoms with Crippen LogP contribution in [-0.4, -0.2) is 56.1 Å². The highest BCUT2D eigenvalue weighted by molar-refractivity contribution is 5.86. The van der Waals surface area contributed by atoms with E-state index in [1.165, 1.54) is 41.8 Å². The Balaban J connectivity index is 0.00000144. The van der Waals surface area contributed by atoms with E-state index in [1.807, 2.05) is 0 Å². The van der Waals surface area contributed by atoms with E-state index in [0.29, 0.717) is 0 Å². The molecule has 35 heavy (non-hydrogen) atoms. The summed E-state index contributed by atoms with van der Waals surface area (Å²) in [6, 6.07) is 31.2. The number of nitrogens with zero attached hydrogens (tertiary/aromatic N) is 3. The van der Waals surface area contributed by atoms with Gasteiger partial charge in [-0.1, -0.05) is 72.8 Å². The third-order valence-corrected chi connectivity index (χ3v) is 7.41. The molecule has 2 aliphatic rings. The summed E-state index contributed by atoms with van der Waals surface area (Å²) in [5.41, 5.74) is 5.93. The van der Waals surface area contributed by atoms with Crippen LogP contribution in [0.3, 0.4) is 0 Å². The molecule has 3 aromatic carbocycles. The van der Waals surface area contributed by atoms with Crippen molar-refractivity contribution in [2.45, 2.75) is 24.8 Å². The first-order valence-electron chi connectivity index (χ1n) is 12.1. The number of piperazine rings is 1. The molecule has 0 N–H and O–H groups in total. The van der Waals surface area contributed by atoms with Crippen LogP contribution >= 0.6 is 37.2 Å². The van der Waals surface area contributed by atoms with Crippen molar-refractivity contribution in [3.8, 4) is 0 Å². The lowest BCUT2D eigenvalue weighted by molar-refractivity contribution is 0.207. The fourth-order valence-corrected chi connectivity index (χ4v) is 5.85. The fourth-order valence-electron chi connectivity index (χ4n) is 5.85. The molecule has 1 atom stereocenters. The lowest BCUT2D eigenvalue weighted by atomic mass is 9.67. The minimum absolute atomic E-state index is 0. The van der Waals surface area contributed by atoms with Gasteiger partial charge >= 0.3 is 0 Å². The zero-order valence-corrected chi connectivity index (χ0v) is 23.0. The highest BCUT2D eigenvalue weighted by Gasteiger charge is 2.39. The maximum Gasteiger partial charge on any atom is 0.0367 e. The van der Waals surface area contributed by atoms with Crippen LogP contribution in [0.5, 0.6) is 0 Å². The molecule has 1 fully saturated rings. The number of hydrogen-bond donors (Lipinski definition) is 0. The third-order valence-electron chi connectivity index (χ3n) is 7.41. The van der Waals surface area contributed by atoms with Crippen molar-refractivity contribution in [2.75, 3.05) is 51.2 Å². The summed E-state index contributed by atoms with van der Waals surface area (Å²) in [7, 11) is 2.27. The van der Waals surface area contributed by atoms with Gasteiger partial charge in [0.2, 0.25) is 0 Å². The molecule has 0 radical (unpaired) electrons. The molecule has 2 heterocycles. The topological polar surface area (TPSA) is 9.72 Å². The number of hydrogen-bond acceptors (Lipinski definition) is 3. The Morgan fingerprint density at radius 3 is 2.00 bits per heavy atom. The molecule has 0 bridgehead atoms. The first-order valence-corrected chi connectivity index (χ1v) is 12.1. The molecule has 0 spiro atoms. The van der Waals surface area contributed by atoms with E-state index in [4.69, 9.17) is 0 Å². The smallest absolute Gasteiger partial charge is 0.0367 e. The predicted molar refractivity (Wildman–Crippen MR) is 156 cm³/mol. The van der Waals surface area contributed by atoms with E-state index in [2.05, 4.69) is 107 Å². The van der Waals surface area contributed by atoms with Gasteiger partial charge in [-0.05, 0) is 55.3 Å². The molecule has 1 saturated heterocycles. The van der Waals surface area contributed by atoms with Crippen LogP contribution in [0.25, 0.3) is 0 Å². The number of fused-ring (bicyclic) bond motifs is 1. The molecule has 5 rings (SSSR count). The Hall–Kier alpha value is -1.75. The number of para-hydroxylation sites is 1. The SMILES string of the molecule is CN1Cc2ccccc2C(CCCN2CCN(c3ccccc3)CC2)(c2ccccc2)C1.Cl.Cl.Cl. The summed E-state index contributed by atoms with van der Waals surface area (Å²) < 4.78 is 0. The summed E-state index contributed by atoms with van der Waals surface area (Å²) in [5, 5.41) is 0. The number of halogens is 3. The average molecular weight is 535 g/mol. The molecule has 3 nitrogen and oxygen atoms in total. The molecule has 0 saturated carbocycles. The summed E-state index contributed by atoms with van der Waals surface area (Å²) in [4.78, 5) is 7.69. The minimum Gasteiger partial charge on any atom is -0.369 e. The van der Waals surface area contributed by atoms with Gasteiger partial charge in [0.15, 0.2) is 0 Å². The standard InChI is InChI=1S/C29H35N3.3ClH/c1-30-23-25-11-8-9-16-28(25)29(24-30,26-12-4-2-5-13-26)17-10-18-31-19-21-32(22-20-31)27-14-6-3-7-15-27;;;/h2-9,11-16H,10,17-24H2,1H3;3*1H. The number of anilines is 1. The monoisotopic (exact) mass is 533 g/mol. The molecule has 0 aromatic heterocycles. The second-order valence-electron chi connectivity index (χ2n) is 9.55. The van der Waals surface area contributed by atoms with Crippen molar-refractivity contribution in [1.29, 1.82) is 0 Å². The number of rotatable bonds is 6. The summed E-state index contributed by atoms with van der Waals surface area (Å²) in [5.74, 6) is 0. The average Bonchev–Trinajstić information content (AvgIpc) is 2.85. The Labute approximate surface area is 229 Å². The maximum absolute atomic E-state index is 2.66. The molecular weight excluding hydrogens is 497 g/mol. The predicted octanol–water partition coefficient (Wildman–Crippen LogP) is 6.29. The van der Waals surface area contributed by atoms with Gasteiger partial charge < -0.3 is 9.80 Å². The highest BCUT2D eigenvalue weighted by Crippen LogP contribution is 2.42. The van der Waals surface area contributed by atoms with Gasteiger partial charge in [-0.15, -0.1) is 37.2 Å². The van der Waals surface area contributed by atoms with Crippen molar-refractivity contribution < 1.29 is 0 Å². The first-order chi connectivity index (χ1) is 15.7. The van der Waals surface area contributed by atoms with Gasteiger partial charge in [0.1, 0.15) is 0 Å². The quantitative estimate of drug-likeness (QED) is 0.368. The highest BCUT2D eigenvalue weighted by atomic mass is 35.5. The van der Waals surface area contributed by atoms with Crippen LogP contribution in [-0.2, 0) is 12.0 Å². The number of likely N-dealkylation sites (N-methyl/N-ethyl adjacent to an activating group) is 1. The van der Waals surface area contributed by atoms with Crippen LogP contribution in [0.4, 0.5) is 5.69 Å². The second kappa shape index (κ2) is 13.5. The third kappa shape index (κ3) is 6.53. The fraction of sp³-hybridized carbons (Fsp3) is 0.379. The van der Waals surface area contributed by atoms with E-state index in [-0.39, 0.29) is 42.6 Å². The van der Waals surface area contributed by atoms with Crippen LogP contribution in [0.1, 0.15) is 29.5 Å². The zero-order chi connectivity index (χ0) is 21.8. The van der Waals surface area contributed by atoms with Gasteiger partial charge in [-0.3, -0.25) is 4.90 Å². The first kappa shape index (κ1) is 29.5. The van der Waals surface area contributed by atoms with Crippen molar-refractivity contribution in [1.82, 2.24) is 9.80 Å². The van der Waals surface area contributed by atoms with E-state index in [1.54, 1.807) is 0 Å². The summed E-state index contributed by atoms with van der Waals surface area (Å²) in [6.07, 6.45) is 2.42. The van der Waals surface area contributed by atoms with Crippen LogP contribution in [0, 0.1) is 0 Å². The largest absolute Gasteiger partial charge is 0.369 e. The Morgan fingerprint density at radius 1 is 0.714 bits per heavy atom. The van der Waals surface area contributed by atoms with E-state index >= 15 is 0 Å². The normalized spacial score (nSPS) is 20.1. The van der Waals surface area contributed by atoms with Crippen molar-refractivity contribution in [3.05, 3.63) is 102 Å². The molecule has 190 valence electrons. The molecular formula is C29H38Cl3N3. The second-order valence-corrected chi connectivity index (χ2v) is 9.55. The molecule has 2 aliphatic heterocycles.